The Balaban J connectivity index is 1.54. The summed E-state index contributed by atoms with van der Waals surface area (Å²) in [5.74, 6) is 1.14. The molecule has 1 aromatic carbocycles. The Morgan fingerprint density at radius 2 is 1.74 bits per heavy atom. The molecule has 27 heavy (non-hydrogen) atoms. The van der Waals surface area contributed by atoms with E-state index in [1.807, 2.05) is 26.0 Å². The van der Waals surface area contributed by atoms with Crippen LogP contribution in [-0.4, -0.2) is 39.4 Å². The number of carbonyl (C=O) groups is 1. The van der Waals surface area contributed by atoms with Gasteiger partial charge < -0.3 is 9.80 Å². The Hall–Kier alpha value is -2.43. The van der Waals surface area contributed by atoms with E-state index >= 15 is 0 Å². The van der Waals surface area contributed by atoms with E-state index in [4.69, 9.17) is 0 Å². The highest BCUT2D eigenvalue weighted by Gasteiger charge is 2.45. The molecule has 2 saturated heterocycles. The topological polar surface area (TPSA) is 49.3 Å². The lowest BCUT2D eigenvalue weighted by atomic mass is 9.87. The van der Waals surface area contributed by atoms with Crippen LogP contribution in [0.4, 0.5) is 5.95 Å². The zero-order valence-electron chi connectivity index (χ0n) is 16.3. The first-order valence-electron chi connectivity index (χ1n) is 9.97. The molecular weight excluding hydrogens is 336 g/mol. The number of benzene rings is 1. The highest BCUT2D eigenvalue weighted by Crippen LogP contribution is 2.40. The van der Waals surface area contributed by atoms with Gasteiger partial charge in [0.25, 0.3) is 0 Å². The Morgan fingerprint density at radius 1 is 1.00 bits per heavy atom. The van der Waals surface area contributed by atoms with Gasteiger partial charge in [0.05, 0.1) is 0 Å². The van der Waals surface area contributed by atoms with Crippen molar-refractivity contribution in [3.63, 3.8) is 0 Å². The van der Waals surface area contributed by atoms with Crippen molar-refractivity contribution in [1.82, 2.24) is 14.9 Å². The fraction of sp³-hybridized carbons (Fsp3) is 0.500. The maximum Gasteiger partial charge on any atom is 0.225 e. The van der Waals surface area contributed by atoms with E-state index in [0.29, 0.717) is 12.3 Å². The van der Waals surface area contributed by atoms with Crippen molar-refractivity contribution in [2.45, 2.75) is 58.0 Å². The van der Waals surface area contributed by atoms with Crippen LogP contribution in [0.1, 0.15) is 49.1 Å². The van der Waals surface area contributed by atoms with Gasteiger partial charge in [0.1, 0.15) is 0 Å². The van der Waals surface area contributed by atoms with Crippen LogP contribution in [0.3, 0.4) is 0 Å². The standard InChI is InChI=1S/C22H28N4O/c1-17-15-18(2)24-21(23-17)25-13-6-10-22(12-14-25)11-9-20(27)26(22)16-19-7-4-3-5-8-19/h3-5,7-8,15H,6,9-14,16H2,1-2H3. The molecule has 1 unspecified atom stereocenters. The van der Waals surface area contributed by atoms with Gasteiger partial charge in [-0.15, -0.1) is 0 Å². The molecule has 0 saturated carbocycles. The maximum atomic E-state index is 12.7. The van der Waals surface area contributed by atoms with Crippen LogP contribution in [0.25, 0.3) is 0 Å². The lowest BCUT2D eigenvalue weighted by molar-refractivity contribution is -0.132. The van der Waals surface area contributed by atoms with Crippen molar-refractivity contribution >= 4 is 11.9 Å². The van der Waals surface area contributed by atoms with E-state index in [2.05, 4.69) is 44.0 Å². The lowest BCUT2D eigenvalue weighted by Crippen LogP contribution is -2.46. The number of nitrogens with zero attached hydrogens (tertiary/aromatic N) is 4. The molecule has 1 spiro atoms. The number of hydrogen-bond donors (Lipinski definition) is 0. The number of rotatable bonds is 3. The molecule has 2 fully saturated rings. The molecule has 5 nitrogen and oxygen atoms in total. The predicted molar refractivity (Wildman–Crippen MR) is 107 cm³/mol. The molecule has 142 valence electrons. The van der Waals surface area contributed by atoms with Gasteiger partial charge in [-0.2, -0.15) is 0 Å². The number of hydrogen-bond acceptors (Lipinski definition) is 4. The predicted octanol–water partition coefficient (Wildman–Crippen LogP) is 3.65. The van der Waals surface area contributed by atoms with Crippen molar-refractivity contribution in [1.29, 1.82) is 0 Å². The molecular formula is C22H28N4O. The summed E-state index contributed by atoms with van der Waals surface area (Å²) in [5, 5.41) is 0. The summed E-state index contributed by atoms with van der Waals surface area (Å²) in [6.07, 6.45) is 4.76. The quantitative estimate of drug-likeness (QED) is 0.834. The first-order chi connectivity index (χ1) is 13.1. The Labute approximate surface area is 161 Å². The van der Waals surface area contributed by atoms with E-state index in [0.717, 1.165) is 62.7 Å². The average molecular weight is 364 g/mol. The second kappa shape index (κ2) is 7.29. The van der Waals surface area contributed by atoms with Crippen LogP contribution >= 0.6 is 0 Å². The maximum absolute atomic E-state index is 12.7. The Bertz CT molecular complexity index is 802. The molecule has 2 aliphatic rings. The van der Waals surface area contributed by atoms with Crippen LogP contribution in [-0.2, 0) is 11.3 Å². The minimum Gasteiger partial charge on any atom is -0.341 e. The Kier molecular flexibility index (Phi) is 4.85. The molecule has 1 amide bonds. The molecule has 3 heterocycles. The first kappa shape index (κ1) is 18.0. The smallest absolute Gasteiger partial charge is 0.225 e. The van der Waals surface area contributed by atoms with Crippen LogP contribution in [0.5, 0.6) is 0 Å². The lowest BCUT2D eigenvalue weighted by Gasteiger charge is -2.38. The third-order valence-electron chi connectivity index (χ3n) is 6.03. The zero-order valence-corrected chi connectivity index (χ0v) is 16.3. The average Bonchev–Trinajstić information content (AvgIpc) is 2.82. The minimum absolute atomic E-state index is 0.0133. The van der Waals surface area contributed by atoms with E-state index in [-0.39, 0.29) is 5.54 Å². The van der Waals surface area contributed by atoms with E-state index in [1.54, 1.807) is 0 Å². The molecule has 0 N–H and O–H groups in total. The molecule has 5 heteroatoms. The van der Waals surface area contributed by atoms with Gasteiger partial charge in [-0.05, 0) is 51.2 Å². The molecule has 0 aliphatic carbocycles. The summed E-state index contributed by atoms with van der Waals surface area (Å²) < 4.78 is 0. The summed E-state index contributed by atoms with van der Waals surface area (Å²) >= 11 is 0. The summed E-state index contributed by atoms with van der Waals surface area (Å²) in [4.78, 5) is 26.5. The SMILES string of the molecule is Cc1cc(C)nc(N2CCCC3(CCC(=O)N3Cc3ccccc3)CC2)n1. The van der Waals surface area contributed by atoms with E-state index < -0.39 is 0 Å². The summed E-state index contributed by atoms with van der Waals surface area (Å²) in [5.41, 5.74) is 3.22. The molecule has 2 aromatic rings. The fourth-order valence-electron chi connectivity index (χ4n) is 4.64. The van der Waals surface area contributed by atoms with Crippen molar-refractivity contribution in [3.05, 3.63) is 53.3 Å². The highest BCUT2D eigenvalue weighted by molar-refractivity contribution is 5.79. The number of aromatic nitrogens is 2. The van der Waals surface area contributed by atoms with Gasteiger partial charge in [-0.1, -0.05) is 30.3 Å². The first-order valence-corrected chi connectivity index (χ1v) is 9.97. The third kappa shape index (κ3) is 3.68. The van der Waals surface area contributed by atoms with Gasteiger partial charge in [0.2, 0.25) is 11.9 Å². The second-order valence-corrected chi connectivity index (χ2v) is 7.98. The molecule has 1 atom stereocenters. The third-order valence-corrected chi connectivity index (χ3v) is 6.03. The van der Waals surface area contributed by atoms with E-state index in [1.165, 1.54) is 5.56 Å². The van der Waals surface area contributed by atoms with Crippen molar-refractivity contribution in [2.24, 2.45) is 0 Å². The normalized spacial score (nSPS) is 23.1. The molecule has 2 aliphatic heterocycles. The number of carbonyl (C=O) groups excluding carboxylic acids is 1. The largest absolute Gasteiger partial charge is 0.341 e. The van der Waals surface area contributed by atoms with Crippen LogP contribution in [0, 0.1) is 13.8 Å². The number of likely N-dealkylation sites (tertiary alicyclic amines) is 1. The van der Waals surface area contributed by atoms with Crippen LogP contribution in [0.15, 0.2) is 36.4 Å². The monoisotopic (exact) mass is 364 g/mol. The van der Waals surface area contributed by atoms with Gasteiger partial charge in [-0.25, -0.2) is 9.97 Å². The summed E-state index contributed by atoms with van der Waals surface area (Å²) in [6.45, 7) is 6.63. The fourth-order valence-corrected chi connectivity index (χ4v) is 4.64. The second-order valence-electron chi connectivity index (χ2n) is 7.98. The van der Waals surface area contributed by atoms with Gasteiger partial charge in [-0.3, -0.25) is 4.79 Å². The summed E-state index contributed by atoms with van der Waals surface area (Å²) in [7, 11) is 0. The van der Waals surface area contributed by atoms with E-state index in [9.17, 15) is 4.79 Å². The molecule has 0 bridgehead atoms. The summed E-state index contributed by atoms with van der Waals surface area (Å²) in [6, 6.07) is 12.4. The zero-order chi connectivity index (χ0) is 18.9. The van der Waals surface area contributed by atoms with Crippen molar-refractivity contribution < 1.29 is 4.79 Å². The molecule has 1 aromatic heterocycles. The molecule has 4 rings (SSSR count). The number of amides is 1. The highest BCUT2D eigenvalue weighted by atomic mass is 16.2. The van der Waals surface area contributed by atoms with Crippen molar-refractivity contribution in [2.75, 3.05) is 18.0 Å². The minimum atomic E-state index is -0.0133. The number of aryl methyl sites for hydroxylation is 2. The van der Waals surface area contributed by atoms with Gasteiger partial charge in [0, 0.05) is 43.0 Å². The van der Waals surface area contributed by atoms with Crippen LogP contribution in [0.2, 0.25) is 0 Å². The van der Waals surface area contributed by atoms with Gasteiger partial charge >= 0.3 is 0 Å². The number of anilines is 1. The molecule has 0 radical (unpaired) electrons. The van der Waals surface area contributed by atoms with Gasteiger partial charge in [0.15, 0.2) is 0 Å². The van der Waals surface area contributed by atoms with Crippen molar-refractivity contribution in [3.8, 4) is 0 Å². The Morgan fingerprint density at radius 3 is 2.48 bits per heavy atom. The van der Waals surface area contributed by atoms with Crippen LogP contribution < -0.4 is 4.90 Å².